The molecule has 1 aliphatic heterocycles. The second kappa shape index (κ2) is 8.77. The molecule has 0 unspecified atom stereocenters. The third-order valence-corrected chi connectivity index (χ3v) is 4.44. The molecule has 1 aliphatic rings. The maximum absolute atomic E-state index is 12.4. The molecule has 1 fully saturated rings. The Balaban J connectivity index is 1.89. The van der Waals surface area contributed by atoms with E-state index in [0.717, 1.165) is 50.3 Å². The van der Waals surface area contributed by atoms with Gasteiger partial charge in [-0.1, -0.05) is 19.1 Å². The fraction of sp³-hybridized carbons (Fsp3) is 0.611. The normalized spacial score (nSPS) is 16.7. The zero-order valence-corrected chi connectivity index (χ0v) is 14.4. The van der Waals surface area contributed by atoms with E-state index in [2.05, 4.69) is 12.2 Å². The van der Waals surface area contributed by atoms with Crippen molar-refractivity contribution in [2.45, 2.75) is 32.2 Å². The van der Waals surface area contributed by atoms with Gasteiger partial charge in [-0.3, -0.25) is 0 Å². The number of methoxy groups -OCH3 is 1. The Labute approximate surface area is 139 Å². The number of ether oxygens (including phenoxy) is 2. The van der Waals surface area contributed by atoms with E-state index >= 15 is 0 Å². The van der Waals surface area contributed by atoms with Crippen LogP contribution in [-0.2, 0) is 4.74 Å². The number of rotatable bonds is 6. The van der Waals surface area contributed by atoms with Gasteiger partial charge in [0.15, 0.2) is 0 Å². The molecule has 0 aromatic heterocycles. The summed E-state index contributed by atoms with van der Waals surface area (Å²) in [5.74, 6) is 1.37. The van der Waals surface area contributed by atoms with E-state index in [0.29, 0.717) is 5.92 Å². The Morgan fingerprint density at radius 1 is 1.35 bits per heavy atom. The average molecular weight is 320 g/mol. The first-order valence-corrected chi connectivity index (χ1v) is 8.37. The third-order valence-electron chi connectivity index (χ3n) is 4.44. The monoisotopic (exact) mass is 320 g/mol. The molecule has 0 saturated carbocycles. The highest BCUT2D eigenvalue weighted by molar-refractivity contribution is 5.74. The highest BCUT2D eigenvalue weighted by atomic mass is 16.5. The second-order valence-corrected chi connectivity index (χ2v) is 6.12. The molecule has 0 radical (unpaired) electrons. The van der Waals surface area contributed by atoms with Gasteiger partial charge in [0, 0.05) is 26.8 Å². The average Bonchev–Trinajstić information content (AvgIpc) is 2.60. The first kappa shape index (κ1) is 17.6. The zero-order chi connectivity index (χ0) is 16.7. The van der Waals surface area contributed by atoms with Crippen LogP contribution in [0.4, 0.5) is 4.79 Å². The molecule has 2 rings (SSSR count). The molecule has 23 heavy (non-hydrogen) atoms. The van der Waals surface area contributed by atoms with E-state index < -0.39 is 0 Å². The summed E-state index contributed by atoms with van der Waals surface area (Å²) in [5.41, 5.74) is 1.10. The predicted molar refractivity (Wildman–Crippen MR) is 90.7 cm³/mol. The molecule has 0 spiro atoms. The van der Waals surface area contributed by atoms with Gasteiger partial charge in [0.1, 0.15) is 5.75 Å². The van der Waals surface area contributed by atoms with Crippen molar-refractivity contribution in [1.29, 1.82) is 0 Å². The molecule has 1 atom stereocenters. The number of nitrogens with zero attached hydrogens (tertiary/aromatic N) is 1. The number of benzene rings is 1. The number of hydrogen-bond acceptors (Lipinski definition) is 3. The Bertz CT molecular complexity index is 484. The second-order valence-electron chi connectivity index (χ2n) is 6.12. The van der Waals surface area contributed by atoms with E-state index in [1.54, 1.807) is 12.0 Å². The summed E-state index contributed by atoms with van der Waals surface area (Å²) < 4.78 is 10.6. The van der Waals surface area contributed by atoms with Crippen LogP contribution in [0.3, 0.4) is 0 Å². The minimum atomic E-state index is -0.0147. The standard InChI is InChI=1S/C18H28N2O3/c1-4-17(15-5-7-16(22-3)8-6-15)19-18(21)20(2)13-14-9-11-23-12-10-14/h5-8,14,17H,4,9-13H2,1-3H3,(H,19,21)/t17-/m1/s1. The number of hydrogen-bond donors (Lipinski definition) is 1. The Morgan fingerprint density at radius 2 is 2.00 bits per heavy atom. The Hall–Kier alpha value is -1.75. The minimum absolute atomic E-state index is 0.0147. The number of carbonyl (C=O) groups excluding carboxylic acids is 1. The van der Waals surface area contributed by atoms with Crippen LogP contribution in [0, 0.1) is 5.92 Å². The summed E-state index contributed by atoms with van der Waals surface area (Å²) in [4.78, 5) is 14.2. The lowest BCUT2D eigenvalue weighted by Gasteiger charge is -2.28. The van der Waals surface area contributed by atoms with Gasteiger partial charge in [0.25, 0.3) is 0 Å². The Morgan fingerprint density at radius 3 is 2.57 bits per heavy atom. The molecule has 0 bridgehead atoms. The van der Waals surface area contributed by atoms with Crippen molar-refractivity contribution >= 4 is 6.03 Å². The fourth-order valence-corrected chi connectivity index (χ4v) is 2.92. The van der Waals surface area contributed by atoms with E-state index in [9.17, 15) is 4.79 Å². The first-order valence-electron chi connectivity index (χ1n) is 8.37. The summed E-state index contributed by atoms with van der Waals surface area (Å²) in [6.07, 6.45) is 2.92. The van der Waals surface area contributed by atoms with E-state index in [1.165, 1.54) is 0 Å². The molecule has 5 heteroatoms. The number of carbonyl (C=O) groups is 1. The van der Waals surface area contributed by atoms with Crippen LogP contribution >= 0.6 is 0 Å². The van der Waals surface area contributed by atoms with Crippen LogP contribution in [-0.4, -0.2) is 44.8 Å². The molecule has 1 saturated heterocycles. The highest BCUT2D eigenvalue weighted by Crippen LogP contribution is 2.21. The lowest BCUT2D eigenvalue weighted by Crippen LogP contribution is -2.42. The molecule has 5 nitrogen and oxygen atoms in total. The molecule has 128 valence electrons. The van der Waals surface area contributed by atoms with Crippen molar-refractivity contribution in [3.63, 3.8) is 0 Å². The van der Waals surface area contributed by atoms with Gasteiger partial charge >= 0.3 is 6.03 Å². The van der Waals surface area contributed by atoms with Gasteiger partial charge < -0.3 is 19.7 Å². The summed E-state index contributed by atoms with van der Waals surface area (Å²) >= 11 is 0. The number of urea groups is 1. The van der Waals surface area contributed by atoms with E-state index in [1.807, 2.05) is 31.3 Å². The van der Waals surface area contributed by atoms with Crippen molar-refractivity contribution < 1.29 is 14.3 Å². The summed E-state index contributed by atoms with van der Waals surface area (Å²) in [6, 6.07) is 7.87. The van der Waals surface area contributed by atoms with Crippen molar-refractivity contribution in [2.24, 2.45) is 5.92 Å². The zero-order valence-electron chi connectivity index (χ0n) is 14.4. The molecule has 1 heterocycles. The van der Waals surface area contributed by atoms with Crippen LogP contribution in [0.2, 0.25) is 0 Å². The van der Waals surface area contributed by atoms with Crippen LogP contribution in [0.25, 0.3) is 0 Å². The fourth-order valence-electron chi connectivity index (χ4n) is 2.92. The van der Waals surface area contributed by atoms with Gasteiger partial charge in [-0.15, -0.1) is 0 Å². The lowest BCUT2D eigenvalue weighted by atomic mass is 10.00. The van der Waals surface area contributed by atoms with Gasteiger partial charge in [-0.25, -0.2) is 4.79 Å². The summed E-state index contributed by atoms with van der Waals surface area (Å²) in [7, 11) is 3.52. The predicted octanol–water partition coefficient (Wildman–Crippen LogP) is 3.21. The summed E-state index contributed by atoms with van der Waals surface area (Å²) in [6.45, 7) is 4.48. The van der Waals surface area contributed by atoms with Crippen molar-refractivity contribution in [3.8, 4) is 5.75 Å². The largest absolute Gasteiger partial charge is 0.497 e. The third kappa shape index (κ3) is 5.13. The molecule has 1 N–H and O–H groups in total. The highest BCUT2D eigenvalue weighted by Gasteiger charge is 2.20. The van der Waals surface area contributed by atoms with Crippen molar-refractivity contribution in [1.82, 2.24) is 10.2 Å². The first-order chi connectivity index (χ1) is 11.1. The molecular formula is C18H28N2O3. The Kier molecular flexibility index (Phi) is 6.71. The van der Waals surface area contributed by atoms with Crippen LogP contribution in [0.1, 0.15) is 37.8 Å². The SMILES string of the molecule is CC[C@@H](NC(=O)N(C)CC1CCOCC1)c1ccc(OC)cc1. The molecule has 1 aromatic carbocycles. The molecule has 1 aromatic rings. The maximum atomic E-state index is 12.4. The van der Waals surface area contributed by atoms with E-state index in [4.69, 9.17) is 9.47 Å². The smallest absolute Gasteiger partial charge is 0.317 e. The number of amides is 2. The van der Waals surface area contributed by atoms with Crippen molar-refractivity contribution in [2.75, 3.05) is 33.9 Å². The quantitative estimate of drug-likeness (QED) is 0.875. The molecule has 0 aliphatic carbocycles. The van der Waals surface area contributed by atoms with Gasteiger partial charge in [-0.05, 0) is 42.9 Å². The maximum Gasteiger partial charge on any atom is 0.317 e. The number of nitrogens with one attached hydrogen (secondary N) is 1. The van der Waals surface area contributed by atoms with Gasteiger partial charge in [0.2, 0.25) is 0 Å². The topological polar surface area (TPSA) is 50.8 Å². The summed E-state index contributed by atoms with van der Waals surface area (Å²) in [5, 5.41) is 3.12. The molecular weight excluding hydrogens is 292 g/mol. The van der Waals surface area contributed by atoms with Crippen LogP contribution in [0.15, 0.2) is 24.3 Å². The lowest BCUT2D eigenvalue weighted by molar-refractivity contribution is 0.0585. The minimum Gasteiger partial charge on any atom is -0.497 e. The van der Waals surface area contributed by atoms with E-state index in [-0.39, 0.29) is 12.1 Å². The van der Waals surface area contributed by atoms with Crippen LogP contribution < -0.4 is 10.1 Å². The van der Waals surface area contributed by atoms with Crippen LogP contribution in [0.5, 0.6) is 5.75 Å². The van der Waals surface area contributed by atoms with Gasteiger partial charge in [0.05, 0.1) is 13.2 Å². The molecule has 2 amide bonds. The van der Waals surface area contributed by atoms with Gasteiger partial charge in [-0.2, -0.15) is 0 Å². The van der Waals surface area contributed by atoms with Crippen molar-refractivity contribution in [3.05, 3.63) is 29.8 Å².